The first-order valence-electron chi connectivity index (χ1n) is 7.38. The Bertz CT molecular complexity index is 784. The number of amides is 1. The highest BCUT2D eigenvalue weighted by molar-refractivity contribution is 5.96. The molecule has 1 aromatic heterocycles. The third-order valence-electron chi connectivity index (χ3n) is 3.84. The monoisotopic (exact) mass is 308 g/mol. The summed E-state index contributed by atoms with van der Waals surface area (Å²) in [4.78, 5) is 25.2. The van der Waals surface area contributed by atoms with E-state index in [1.807, 2.05) is 37.3 Å². The number of anilines is 1. The van der Waals surface area contributed by atoms with E-state index < -0.39 is 0 Å². The zero-order valence-electron chi connectivity index (χ0n) is 12.8. The second kappa shape index (κ2) is 6.46. The summed E-state index contributed by atoms with van der Waals surface area (Å²) in [5.41, 5.74) is 11.0. The lowest BCUT2D eigenvalue weighted by atomic mass is 10.1. The van der Waals surface area contributed by atoms with Crippen LogP contribution in [0.15, 0.2) is 41.6 Å². The van der Waals surface area contributed by atoms with Crippen LogP contribution in [0.4, 0.5) is 5.69 Å². The highest BCUT2D eigenvalue weighted by Gasteiger charge is 2.30. The first-order valence-corrected chi connectivity index (χ1v) is 7.38. The molecule has 0 aliphatic carbocycles. The van der Waals surface area contributed by atoms with Crippen LogP contribution in [0.2, 0.25) is 0 Å². The van der Waals surface area contributed by atoms with Gasteiger partial charge < -0.3 is 4.90 Å². The second-order valence-corrected chi connectivity index (χ2v) is 5.53. The standard InChI is InChI=1S/C16H16N6O/c1-11-18-6-5-15(20-11)13-3-2-4-14(8-13)22-10-12(7-16(22)23)9-19-21-17/h2-6,8,12H,7,9-10H2,1H3. The van der Waals surface area contributed by atoms with Gasteiger partial charge in [0, 0.05) is 41.9 Å². The van der Waals surface area contributed by atoms with Gasteiger partial charge in [-0.3, -0.25) is 4.79 Å². The third kappa shape index (κ3) is 3.30. The molecule has 1 unspecified atom stereocenters. The molecule has 2 aromatic rings. The summed E-state index contributed by atoms with van der Waals surface area (Å²) in [5, 5.41) is 3.58. The maximum absolute atomic E-state index is 12.2. The van der Waals surface area contributed by atoms with Crippen molar-refractivity contribution in [1.82, 2.24) is 9.97 Å². The number of azide groups is 1. The molecule has 0 N–H and O–H groups in total. The van der Waals surface area contributed by atoms with E-state index in [-0.39, 0.29) is 11.8 Å². The van der Waals surface area contributed by atoms with Crippen LogP contribution < -0.4 is 4.90 Å². The van der Waals surface area contributed by atoms with Gasteiger partial charge in [0.15, 0.2) is 0 Å². The Morgan fingerprint density at radius 1 is 1.43 bits per heavy atom. The number of rotatable bonds is 4. The van der Waals surface area contributed by atoms with Crippen LogP contribution in [-0.4, -0.2) is 29.0 Å². The Labute approximate surface area is 133 Å². The van der Waals surface area contributed by atoms with Crippen molar-refractivity contribution in [2.75, 3.05) is 18.0 Å². The average Bonchev–Trinajstić information content (AvgIpc) is 2.94. The van der Waals surface area contributed by atoms with Gasteiger partial charge in [-0.05, 0) is 36.6 Å². The number of carbonyl (C=O) groups is 1. The number of aryl methyl sites for hydroxylation is 1. The normalized spacial score (nSPS) is 17.2. The molecule has 7 nitrogen and oxygen atoms in total. The first kappa shape index (κ1) is 15.0. The molecule has 1 saturated heterocycles. The predicted octanol–water partition coefficient (Wildman–Crippen LogP) is 3.12. The van der Waals surface area contributed by atoms with E-state index in [9.17, 15) is 4.79 Å². The number of aromatic nitrogens is 2. The van der Waals surface area contributed by atoms with Gasteiger partial charge in [0.2, 0.25) is 5.91 Å². The zero-order chi connectivity index (χ0) is 16.2. The Hall–Kier alpha value is -2.92. The third-order valence-corrected chi connectivity index (χ3v) is 3.84. The molecular formula is C16H16N6O. The van der Waals surface area contributed by atoms with Crippen LogP contribution >= 0.6 is 0 Å². The summed E-state index contributed by atoms with van der Waals surface area (Å²) >= 11 is 0. The highest BCUT2D eigenvalue weighted by Crippen LogP contribution is 2.28. The molecule has 0 bridgehead atoms. The zero-order valence-corrected chi connectivity index (χ0v) is 12.8. The summed E-state index contributed by atoms with van der Waals surface area (Å²) in [5.74, 6) is 0.835. The Morgan fingerprint density at radius 2 is 2.30 bits per heavy atom. The molecule has 1 fully saturated rings. The van der Waals surface area contributed by atoms with Gasteiger partial charge in [-0.15, -0.1) is 0 Å². The van der Waals surface area contributed by atoms with Crippen LogP contribution in [-0.2, 0) is 4.79 Å². The Kier molecular flexibility index (Phi) is 4.21. The van der Waals surface area contributed by atoms with Crippen LogP contribution in [0.1, 0.15) is 12.2 Å². The molecular weight excluding hydrogens is 292 g/mol. The number of nitrogens with zero attached hydrogens (tertiary/aromatic N) is 6. The van der Waals surface area contributed by atoms with Crippen LogP contribution in [0.25, 0.3) is 21.7 Å². The Morgan fingerprint density at radius 3 is 3.09 bits per heavy atom. The quantitative estimate of drug-likeness (QED) is 0.493. The summed E-state index contributed by atoms with van der Waals surface area (Å²) in [6, 6.07) is 9.59. The molecule has 2 heterocycles. The average molecular weight is 308 g/mol. The van der Waals surface area contributed by atoms with Gasteiger partial charge in [-0.1, -0.05) is 17.2 Å². The van der Waals surface area contributed by atoms with Crippen LogP contribution in [0.5, 0.6) is 0 Å². The molecule has 7 heteroatoms. The second-order valence-electron chi connectivity index (χ2n) is 5.53. The van der Waals surface area contributed by atoms with Crippen molar-refractivity contribution in [3.05, 3.63) is 52.8 Å². The van der Waals surface area contributed by atoms with E-state index in [0.29, 0.717) is 25.3 Å². The van der Waals surface area contributed by atoms with Crippen molar-refractivity contribution in [2.24, 2.45) is 11.0 Å². The molecule has 1 amide bonds. The van der Waals surface area contributed by atoms with Gasteiger partial charge in [0.1, 0.15) is 5.82 Å². The molecule has 3 rings (SSSR count). The summed E-state index contributed by atoms with van der Waals surface area (Å²) in [6.45, 7) is 2.77. The van der Waals surface area contributed by atoms with Crippen molar-refractivity contribution in [1.29, 1.82) is 0 Å². The fourth-order valence-electron chi connectivity index (χ4n) is 2.76. The summed E-state index contributed by atoms with van der Waals surface area (Å²) in [7, 11) is 0. The number of carbonyl (C=O) groups excluding carboxylic acids is 1. The van der Waals surface area contributed by atoms with Crippen LogP contribution in [0, 0.1) is 12.8 Å². The lowest BCUT2D eigenvalue weighted by Crippen LogP contribution is -2.24. The Balaban J connectivity index is 1.85. The van der Waals surface area contributed by atoms with Gasteiger partial charge in [0.25, 0.3) is 0 Å². The van der Waals surface area contributed by atoms with Crippen molar-refractivity contribution in [3.8, 4) is 11.3 Å². The molecule has 1 atom stereocenters. The number of hydrogen-bond donors (Lipinski definition) is 0. The van der Waals surface area contributed by atoms with Gasteiger partial charge in [0.05, 0.1) is 5.69 Å². The number of hydrogen-bond acceptors (Lipinski definition) is 4. The van der Waals surface area contributed by atoms with E-state index in [0.717, 1.165) is 16.9 Å². The van der Waals surface area contributed by atoms with Crippen molar-refractivity contribution >= 4 is 11.6 Å². The van der Waals surface area contributed by atoms with Gasteiger partial charge in [-0.25, -0.2) is 9.97 Å². The lowest BCUT2D eigenvalue weighted by molar-refractivity contribution is -0.117. The highest BCUT2D eigenvalue weighted by atomic mass is 16.2. The summed E-state index contributed by atoms with van der Waals surface area (Å²) < 4.78 is 0. The first-order chi connectivity index (χ1) is 11.2. The van der Waals surface area contributed by atoms with E-state index in [2.05, 4.69) is 20.0 Å². The predicted molar refractivity (Wildman–Crippen MR) is 86.7 cm³/mol. The van der Waals surface area contributed by atoms with Crippen molar-refractivity contribution in [2.45, 2.75) is 13.3 Å². The topological polar surface area (TPSA) is 94.9 Å². The molecule has 0 spiro atoms. The number of benzene rings is 1. The fraction of sp³-hybridized carbons (Fsp3) is 0.312. The van der Waals surface area contributed by atoms with Crippen molar-refractivity contribution in [3.63, 3.8) is 0 Å². The van der Waals surface area contributed by atoms with E-state index >= 15 is 0 Å². The molecule has 23 heavy (non-hydrogen) atoms. The smallest absolute Gasteiger partial charge is 0.227 e. The minimum atomic E-state index is 0.0548. The minimum Gasteiger partial charge on any atom is -0.312 e. The molecule has 0 radical (unpaired) electrons. The largest absolute Gasteiger partial charge is 0.312 e. The summed E-state index contributed by atoms with van der Waals surface area (Å²) in [6.07, 6.45) is 2.14. The maximum atomic E-state index is 12.2. The molecule has 116 valence electrons. The molecule has 1 aliphatic rings. The molecule has 1 aliphatic heterocycles. The van der Waals surface area contributed by atoms with Gasteiger partial charge in [-0.2, -0.15) is 0 Å². The van der Waals surface area contributed by atoms with E-state index in [4.69, 9.17) is 5.53 Å². The van der Waals surface area contributed by atoms with E-state index in [1.165, 1.54) is 0 Å². The van der Waals surface area contributed by atoms with Gasteiger partial charge >= 0.3 is 0 Å². The fourth-order valence-corrected chi connectivity index (χ4v) is 2.76. The van der Waals surface area contributed by atoms with Crippen LogP contribution in [0.3, 0.4) is 0 Å². The minimum absolute atomic E-state index is 0.0548. The maximum Gasteiger partial charge on any atom is 0.227 e. The van der Waals surface area contributed by atoms with E-state index in [1.54, 1.807) is 11.1 Å². The SMILES string of the molecule is Cc1nccc(-c2cccc(N3CC(CN=[N+]=[N-])CC3=O)c2)n1. The lowest BCUT2D eigenvalue weighted by Gasteiger charge is -2.17. The molecule has 1 aromatic carbocycles. The molecule has 0 saturated carbocycles. The van der Waals surface area contributed by atoms with Crippen molar-refractivity contribution < 1.29 is 4.79 Å².